The van der Waals surface area contributed by atoms with Crippen LogP contribution in [0.5, 0.6) is 0 Å². The van der Waals surface area contributed by atoms with E-state index in [4.69, 9.17) is 14.7 Å². The summed E-state index contributed by atoms with van der Waals surface area (Å²) in [4.78, 5) is 38.4. The van der Waals surface area contributed by atoms with Crippen LogP contribution >= 0.6 is 0 Å². The van der Waals surface area contributed by atoms with Gasteiger partial charge in [0.05, 0.1) is 19.6 Å². The molecule has 152 valence electrons. The van der Waals surface area contributed by atoms with E-state index in [2.05, 4.69) is 0 Å². The van der Waals surface area contributed by atoms with Gasteiger partial charge in [-0.2, -0.15) is 0 Å². The number of rotatable bonds is 4. The SMILES string of the molecule is Cc1nc([C@@H]2CCCN(C(=O)C3CC3)C2)nc(C)c1CC(=O)N1CCOCC1. The molecule has 4 rings (SSSR count). The van der Waals surface area contributed by atoms with Gasteiger partial charge >= 0.3 is 0 Å². The van der Waals surface area contributed by atoms with Crippen molar-refractivity contribution in [3.63, 3.8) is 0 Å². The van der Waals surface area contributed by atoms with Crippen LogP contribution < -0.4 is 0 Å². The molecular weight excluding hydrogens is 356 g/mol. The van der Waals surface area contributed by atoms with Gasteiger partial charge in [0.25, 0.3) is 0 Å². The molecule has 7 heteroatoms. The molecule has 7 nitrogen and oxygen atoms in total. The van der Waals surface area contributed by atoms with Crippen LogP contribution in [-0.2, 0) is 20.7 Å². The van der Waals surface area contributed by atoms with Gasteiger partial charge < -0.3 is 14.5 Å². The average molecular weight is 386 g/mol. The van der Waals surface area contributed by atoms with Crippen LogP contribution in [0.15, 0.2) is 0 Å². The van der Waals surface area contributed by atoms with E-state index in [1.807, 2.05) is 23.6 Å². The second kappa shape index (κ2) is 8.15. The highest BCUT2D eigenvalue weighted by Gasteiger charge is 2.36. The first-order valence-corrected chi connectivity index (χ1v) is 10.5. The summed E-state index contributed by atoms with van der Waals surface area (Å²) in [6.45, 7) is 8.04. The fourth-order valence-electron chi connectivity index (χ4n) is 4.26. The largest absolute Gasteiger partial charge is 0.378 e. The highest BCUT2D eigenvalue weighted by Crippen LogP contribution is 2.34. The zero-order valence-electron chi connectivity index (χ0n) is 16.9. The molecule has 2 saturated heterocycles. The molecule has 1 aromatic heterocycles. The Balaban J connectivity index is 1.45. The van der Waals surface area contributed by atoms with Crippen molar-refractivity contribution in [2.75, 3.05) is 39.4 Å². The lowest BCUT2D eigenvalue weighted by atomic mass is 9.96. The second-order valence-electron chi connectivity index (χ2n) is 8.30. The van der Waals surface area contributed by atoms with Gasteiger partial charge in [-0.15, -0.1) is 0 Å². The number of ether oxygens (including phenoxy) is 1. The number of carbonyl (C=O) groups excluding carboxylic acids is 2. The molecule has 0 aromatic carbocycles. The molecule has 2 aliphatic heterocycles. The number of aromatic nitrogens is 2. The number of hydrogen-bond donors (Lipinski definition) is 0. The molecule has 0 bridgehead atoms. The van der Waals surface area contributed by atoms with E-state index < -0.39 is 0 Å². The van der Waals surface area contributed by atoms with Gasteiger partial charge in [-0.1, -0.05) is 0 Å². The first-order chi connectivity index (χ1) is 13.5. The normalized spacial score (nSPS) is 23.0. The smallest absolute Gasteiger partial charge is 0.227 e. The molecule has 3 fully saturated rings. The summed E-state index contributed by atoms with van der Waals surface area (Å²) >= 11 is 0. The van der Waals surface area contributed by atoms with Gasteiger partial charge in [-0.05, 0) is 39.5 Å². The van der Waals surface area contributed by atoms with Crippen molar-refractivity contribution in [3.05, 3.63) is 22.8 Å². The Hall–Kier alpha value is -2.02. The van der Waals surface area contributed by atoms with Crippen molar-refractivity contribution in [2.45, 2.75) is 51.9 Å². The van der Waals surface area contributed by atoms with Crippen LogP contribution in [0.4, 0.5) is 0 Å². The standard InChI is InChI=1S/C21H30N4O3/c1-14-18(12-19(26)24-8-10-28-11-9-24)15(2)23-20(22-14)17-4-3-7-25(13-17)21(27)16-5-6-16/h16-17H,3-13H2,1-2H3/t17-/m1/s1. The molecule has 28 heavy (non-hydrogen) atoms. The van der Waals surface area contributed by atoms with Gasteiger partial charge in [0, 0.05) is 55.0 Å². The van der Waals surface area contributed by atoms with E-state index in [1.54, 1.807) is 0 Å². The lowest BCUT2D eigenvalue weighted by Crippen LogP contribution is -2.41. The van der Waals surface area contributed by atoms with Crippen molar-refractivity contribution in [2.24, 2.45) is 5.92 Å². The van der Waals surface area contributed by atoms with Gasteiger partial charge in [0.1, 0.15) is 5.82 Å². The van der Waals surface area contributed by atoms with Gasteiger partial charge in [0.15, 0.2) is 0 Å². The van der Waals surface area contributed by atoms with Crippen molar-refractivity contribution in [1.29, 1.82) is 0 Å². The van der Waals surface area contributed by atoms with E-state index in [1.165, 1.54) is 0 Å². The summed E-state index contributed by atoms with van der Waals surface area (Å²) in [5, 5.41) is 0. The monoisotopic (exact) mass is 386 g/mol. The Bertz CT molecular complexity index is 733. The molecule has 1 aliphatic carbocycles. The maximum atomic E-state index is 12.6. The molecule has 1 saturated carbocycles. The Morgan fingerprint density at radius 2 is 1.68 bits per heavy atom. The van der Waals surface area contributed by atoms with Crippen LogP contribution in [0.1, 0.15) is 54.4 Å². The molecule has 2 amide bonds. The van der Waals surface area contributed by atoms with Crippen molar-refractivity contribution in [1.82, 2.24) is 19.8 Å². The number of aryl methyl sites for hydroxylation is 2. The topological polar surface area (TPSA) is 75.6 Å². The predicted octanol–water partition coefficient (Wildman–Crippen LogP) is 1.61. The molecule has 0 N–H and O–H groups in total. The third kappa shape index (κ3) is 4.19. The summed E-state index contributed by atoms with van der Waals surface area (Å²) in [5.41, 5.74) is 2.70. The van der Waals surface area contributed by atoms with Crippen LogP contribution in [0.3, 0.4) is 0 Å². The highest BCUT2D eigenvalue weighted by atomic mass is 16.5. The molecule has 1 aromatic rings. The van der Waals surface area contributed by atoms with Crippen LogP contribution in [0.2, 0.25) is 0 Å². The minimum absolute atomic E-state index is 0.115. The lowest BCUT2D eigenvalue weighted by Gasteiger charge is -2.32. The number of nitrogens with zero attached hydrogens (tertiary/aromatic N) is 4. The minimum Gasteiger partial charge on any atom is -0.378 e. The van der Waals surface area contributed by atoms with Crippen LogP contribution in [-0.4, -0.2) is 71.0 Å². The van der Waals surface area contributed by atoms with Gasteiger partial charge in [0.2, 0.25) is 11.8 Å². The molecule has 0 spiro atoms. The summed E-state index contributed by atoms with van der Waals surface area (Å²) < 4.78 is 5.33. The fourth-order valence-corrected chi connectivity index (χ4v) is 4.26. The summed E-state index contributed by atoms with van der Waals surface area (Å²) in [6.07, 6.45) is 4.44. The number of piperidine rings is 1. The third-order valence-corrected chi connectivity index (χ3v) is 6.15. The molecule has 3 heterocycles. The minimum atomic E-state index is 0.115. The summed E-state index contributed by atoms with van der Waals surface area (Å²) in [7, 11) is 0. The highest BCUT2D eigenvalue weighted by molar-refractivity contribution is 5.81. The lowest BCUT2D eigenvalue weighted by molar-refractivity contribution is -0.135. The fraction of sp³-hybridized carbons (Fsp3) is 0.714. The third-order valence-electron chi connectivity index (χ3n) is 6.15. The molecule has 0 unspecified atom stereocenters. The molecule has 0 radical (unpaired) electrons. The van der Waals surface area contributed by atoms with E-state index >= 15 is 0 Å². The van der Waals surface area contributed by atoms with E-state index in [9.17, 15) is 9.59 Å². The Kier molecular flexibility index (Phi) is 5.62. The number of likely N-dealkylation sites (tertiary alicyclic amines) is 1. The Labute approximate surface area is 166 Å². The van der Waals surface area contributed by atoms with Gasteiger partial charge in [-0.3, -0.25) is 9.59 Å². The quantitative estimate of drug-likeness (QED) is 0.786. The maximum absolute atomic E-state index is 12.6. The molecular formula is C21H30N4O3. The number of carbonyl (C=O) groups is 2. The van der Waals surface area contributed by atoms with E-state index in [0.29, 0.717) is 38.6 Å². The van der Waals surface area contributed by atoms with Crippen molar-refractivity contribution >= 4 is 11.8 Å². The predicted molar refractivity (Wildman–Crippen MR) is 104 cm³/mol. The average Bonchev–Trinajstić information content (AvgIpc) is 3.56. The first kappa shape index (κ1) is 19.3. The number of hydrogen-bond acceptors (Lipinski definition) is 5. The Morgan fingerprint density at radius 3 is 2.32 bits per heavy atom. The van der Waals surface area contributed by atoms with E-state index in [0.717, 1.165) is 61.5 Å². The zero-order valence-corrected chi connectivity index (χ0v) is 16.9. The Morgan fingerprint density at radius 1 is 1.00 bits per heavy atom. The number of morpholine rings is 1. The van der Waals surface area contributed by atoms with Gasteiger partial charge in [-0.25, -0.2) is 9.97 Å². The zero-order chi connectivity index (χ0) is 19.7. The second-order valence-corrected chi connectivity index (χ2v) is 8.30. The number of amides is 2. The summed E-state index contributed by atoms with van der Waals surface area (Å²) in [6, 6.07) is 0. The first-order valence-electron chi connectivity index (χ1n) is 10.5. The molecule has 3 aliphatic rings. The van der Waals surface area contributed by atoms with Crippen LogP contribution in [0, 0.1) is 19.8 Å². The maximum Gasteiger partial charge on any atom is 0.227 e. The van der Waals surface area contributed by atoms with Crippen molar-refractivity contribution < 1.29 is 14.3 Å². The summed E-state index contributed by atoms with van der Waals surface area (Å²) in [5.74, 6) is 1.70. The van der Waals surface area contributed by atoms with Crippen molar-refractivity contribution in [3.8, 4) is 0 Å². The van der Waals surface area contributed by atoms with E-state index in [-0.39, 0.29) is 17.7 Å². The molecule has 1 atom stereocenters. The van der Waals surface area contributed by atoms with Crippen LogP contribution in [0.25, 0.3) is 0 Å².